The Morgan fingerprint density at radius 3 is 2.70 bits per heavy atom. The molecular formula is C18H18N4O. The number of aryl methyl sites for hydroxylation is 2. The van der Waals surface area contributed by atoms with Crippen molar-refractivity contribution in [3.05, 3.63) is 72.2 Å². The highest BCUT2D eigenvalue weighted by Gasteiger charge is 2.06. The number of nitrogens with zero attached hydrogens (tertiary/aromatic N) is 3. The highest BCUT2D eigenvalue weighted by molar-refractivity contribution is 5.89. The number of rotatable bonds is 5. The lowest BCUT2D eigenvalue weighted by atomic mass is 10.2. The molecule has 3 aromatic rings. The SMILES string of the molecule is Cc1ccc(NC(=O)CCc2cnn(-c3ccccc3)c2)nc1. The van der Waals surface area contributed by atoms with E-state index in [1.807, 2.05) is 54.2 Å². The molecule has 5 heteroatoms. The average molecular weight is 306 g/mol. The molecule has 0 radical (unpaired) electrons. The molecule has 1 aromatic carbocycles. The summed E-state index contributed by atoms with van der Waals surface area (Å²) in [6.45, 7) is 1.96. The van der Waals surface area contributed by atoms with Gasteiger partial charge in [-0.05, 0) is 42.7 Å². The number of carbonyl (C=O) groups is 1. The zero-order chi connectivity index (χ0) is 16.1. The number of pyridine rings is 1. The Balaban J connectivity index is 1.55. The lowest BCUT2D eigenvalue weighted by molar-refractivity contribution is -0.116. The van der Waals surface area contributed by atoms with E-state index in [0.29, 0.717) is 18.7 Å². The van der Waals surface area contributed by atoms with Crippen molar-refractivity contribution in [2.75, 3.05) is 5.32 Å². The summed E-state index contributed by atoms with van der Waals surface area (Å²) >= 11 is 0. The first-order valence-electron chi connectivity index (χ1n) is 7.52. The van der Waals surface area contributed by atoms with Crippen LogP contribution in [0.1, 0.15) is 17.5 Å². The van der Waals surface area contributed by atoms with Crippen LogP contribution in [0.25, 0.3) is 5.69 Å². The molecule has 116 valence electrons. The van der Waals surface area contributed by atoms with E-state index >= 15 is 0 Å². The molecule has 0 spiro atoms. The van der Waals surface area contributed by atoms with Crippen molar-refractivity contribution in [2.45, 2.75) is 19.8 Å². The summed E-state index contributed by atoms with van der Waals surface area (Å²) in [6.07, 6.45) is 6.53. The summed E-state index contributed by atoms with van der Waals surface area (Å²) in [7, 11) is 0. The Hall–Kier alpha value is -2.95. The molecule has 0 bridgehead atoms. The van der Waals surface area contributed by atoms with E-state index in [2.05, 4.69) is 15.4 Å². The van der Waals surface area contributed by atoms with Crippen molar-refractivity contribution >= 4 is 11.7 Å². The fraction of sp³-hybridized carbons (Fsp3) is 0.167. The predicted octanol–water partition coefficient (Wildman–Crippen LogP) is 3.15. The third-order valence-electron chi connectivity index (χ3n) is 3.48. The Morgan fingerprint density at radius 1 is 1.13 bits per heavy atom. The number of aromatic nitrogens is 3. The number of anilines is 1. The van der Waals surface area contributed by atoms with Crippen LogP contribution in [0.4, 0.5) is 5.82 Å². The summed E-state index contributed by atoms with van der Waals surface area (Å²) in [6, 6.07) is 13.6. The van der Waals surface area contributed by atoms with Crippen LogP contribution in [0.3, 0.4) is 0 Å². The van der Waals surface area contributed by atoms with Gasteiger partial charge in [0.25, 0.3) is 0 Å². The molecule has 1 N–H and O–H groups in total. The number of hydrogen-bond acceptors (Lipinski definition) is 3. The van der Waals surface area contributed by atoms with Crippen LogP contribution in [0, 0.1) is 6.92 Å². The second-order valence-corrected chi connectivity index (χ2v) is 5.40. The molecular weight excluding hydrogens is 288 g/mol. The maximum Gasteiger partial charge on any atom is 0.225 e. The van der Waals surface area contributed by atoms with Gasteiger partial charge in [-0.1, -0.05) is 24.3 Å². The predicted molar refractivity (Wildman–Crippen MR) is 89.5 cm³/mol. The van der Waals surface area contributed by atoms with Crippen LogP contribution in [0.2, 0.25) is 0 Å². The third kappa shape index (κ3) is 4.03. The van der Waals surface area contributed by atoms with Gasteiger partial charge < -0.3 is 5.32 Å². The van der Waals surface area contributed by atoms with Crippen LogP contribution >= 0.6 is 0 Å². The molecule has 0 atom stereocenters. The van der Waals surface area contributed by atoms with E-state index in [1.54, 1.807) is 18.5 Å². The molecule has 0 saturated carbocycles. The van der Waals surface area contributed by atoms with Crippen molar-refractivity contribution in [1.82, 2.24) is 14.8 Å². The lowest BCUT2D eigenvalue weighted by Gasteiger charge is -2.03. The molecule has 5 nitrogen and oxygen atoms in total. The summed E-state index contributed by atoms with van der Waals surface area (Å²) in [4.78, 5) is 16.1. The zero-order valence-corrected chi connectivity index (χ0v) is 12.9. The first-order valence-corrected chi connectivity index (χ1v) is 7.52. The first kappa shape index (κ1) is 15.0. The highest BCUT2D eigenvalue weighted by atomic mass is 16.1. The number of para-hydroxylation sites is 1. The van der Waals surface area contributed by atoms with Crippen LogP contribution < -0.4 is 5.32 Å². The molecule has 0 saturated heterocycles. The minimum absolute atomic E-state index is 0.0474. The van der Waals surface area contributed by atoms with E-state index in [4.69, 9.17) is 0 Å². The number of carbonyl (C=O) groups excluding carboxylic acids is 1. The molecule has 0 aliphatic carbocycles. The van der Waals surface area contributed by atoms with Gasteiger partial charge in [0.15, 0.2) is 0 Å². The quantitative estimate of drug-likeness (QED) is 0.787. The minimum atomic E-state index is -0.0474. The van der Waals surface area contributed by atoms with E-state index in [-0.39, 0.29) is 5.91 Å². The Kier molecular flexibility index (Phi) is 4.47. The molecule has 0 aliphatic heterocycles. The Bertz CT molecular complexity index is 778. The van der Waals surface area contributed by atoms with Crippen molar-refractivity contribution in [1.29, 1.82) is 0 Å². The van der Waals surface area contributed by atoms with Crippen LogP contribution in [-0.2, 0) is 11.2 Å². The summed E-state index contributed by atoms with van der Waals surface area (Å²) in [5.74, 6) is 0.536. The summed E-state index contributed by atoms with van der Waals surface area (Å²) < 4.78 is 1.81. The molecule has 0 unspecified atom stereocenters. The lowest BCUT2D eigenvalue weighted by Crippen LogP contribution is -2.13. The maximum atomic E-state index is 12.0. The molecule has 1 amide bonds. The smallest absolute Gasteiger partial charge is 0.225 e. The van der Waals surface area contributed by atoms with Crippen molar-refractivity contribution in [2.24, 2.45) is 0 Å². The second kappa shape index (κ2) is 6.87. The van der Waals surface area contributed by atoms with Crippen LogP contribution in [-0.4, -0.2) is 20.7 Å². The zero-order valence-electron chi connectivity index (χ0n) is 12.9. The molecule has 3 rings (SSSR count). The Morgan fingerprint density at radius 2 is 1.96 bits per heavy atom. The number of hydrogen-bond donors (Lipinski definition) is 1. The van der Waals surface area contributed by atoms with Gasteiger partial charge in [0.05, 0.1) is 11.9 Å². The first-order chi connectivity index (χ1) is 11.2. The number of benzene rings is 1. The van der Waals surface area contributed by atoms with Crippen LogP contribution in [0.15, 0.2) is 61.1 Å². The van der Waals surface area contributed by atoms with Crippen LogP contribution in [0.5, 0.6) is 0 Å². The average Bonchev–Trinajstić information content (AvgIpc) is 3.05. The van der Waals surface area contributed by atoms with Crippen molar-refractivity contribution in [3.8, 4) is 5.69 Å². The molecule has 0 aliphatic rings. The molecule has 2 heterocycles. The Labute approximate surface area is 135 Å². The fourth-order valence-corrected chi connectivity index (χ4v) is 2.22. The van der Waals surface area contributed by atoms with E-state index in [0.717, 1.165) is 16.8 Å². The summed E-state index contributed by atoms with van der Waals surface area (Å²) in [5.41, 5.74) is 3.10. The van der Waals surface area contributed by atoms with Gasteiger partial charge in [0.2, 0.25) is 5.91 Å². The fourth-order valence-electron chi connectivity index (χ4n) is 2.22. The van der Waals surface area contributed by atoms with Gasteiger partial charge in [-0.15, -0.1) is 0 Å². The standard InChI is InChI=1S/C18H18N4O/c1-14-7-9-17(19-11-14)21-18(23)10-8-15-12-20-22(13-15)16-5-3-2-4-6-16/h2-7,9,11-13H,8,10H2,1H3,(H,19,21,23). The monoisotopic (exact) mass is 306 g/mol. The van der Waals surface area contributed by atoms with Crippen molar-refractivity contribution in [3.63, 3.8) is 0 Å². The highest BCUT2D eigenvalue weighted by Crippen LogP contribution is 2.10. The van der Waals surface area contributed by atoms with Gasteiger partial charge in [-0.25, -0.2) is 9.67 Å². The van der Waals surface area contributed by atoms with E-state index in [9.17, 15) is 4.79 Å². The molecule has 23 heavy (non-hydrogen) atoms. The maximum absolute atomic E-state index is 12.0. The molecule has 0 fully saturated rings. The van der Waals surface area contributed by atoms with Crippen molar-refractivity contribution < 1.29 is 4.79 Å². The number of nitrogens with one attached hydrogen (secondary N) is 1. The van der Waals surface area contributed by atoms with Gasteiger partial charge in [-0.2, -0.15) is 5.10 Å². The minimum Gasteiger partial charge on any atom is -0.311 e. The van der Waals surface area contributed by atoms with E-state index in [1.165, 1.54) is 0 Å². The van der Waals surface area contributed by atoms with Gasteiger partial charge in [-0.3, -0.25) is 4.79 Å². The van der Waals surface area contributed by atoms with Gasteiger partial charge in [0, 0.05) is 18.8 Å². The van der Waals surface area contributed by atoms with Gasteiger partial charge in [0.1, 0.15) is 5.82 Å². The van der Waals surface area contributed by atoms with Gasteiger partial charge >= 0.3 is 0 Å². The number of amides is 1. The largest absolute Gasteiger partial charge is 0.311 e. The van der Waals surface area contributed by atoms with E-state index < -0.39 is 0 Å². The summed E-state index contributed by atoms with van der Waals surface area (Å²) in [5, 5.41) is 7.13. The third-order valence-corrected chi connectivity index (χ3v) is 3.48. The molecule has 2 aromatic heterocycles. The topological polar surface area (TPSA) is 59.8 Å². The second-order valence-electron chi connectivity index (χ2n) is 5.40. The normalized spacial score (nSPS) is 10.5.